The zero-order valence-corrected chi connectivity index (χ0v) is 11.1. The topological polar surface area (TPSA) is 0 Å². The number of thiophene rings is 1. The fourth-order valence-electron chi connectivity index (χ4n) is 1.14. The summed E-state index contributed by atoms with van der Waals surface area (Å²) in [7, 11) is -0.990. The Labute approximate surface area is 84.0 Å². The van der Waals surface area contributed by atoms with Crippen LogP contribution in [-0.2, 0) is 0 Å². The Balaban J connectivity index is 2.59. The van der Waals surface area contributed by atoms with E-state index in [4.69, 9.17) is 0 Å². The van der Waals surface area contributed by atoms with Crippen molar-refractivity contribution in [2.45, 2.75) is 19.6 Å². The summed E-state index contributed by atoms with van der Waals surface area (Å²) in [6.45, 7) is 7.32. The van der Waals surface area contributed by atoms with E-state index in [1.165, 1.54) is 4.70 Å². The van der Waals surface area contributed by atoms with Crippen LogP contribution in [0.4, 0.5) is 0 Å². The molecular formula is C9H12SSeSi. The normalized spacial score (nSPS) is 12.6. The van der Waals surface area contributed by atoms with Gasteiger partial charge in [-0.15, -0.1) is 0 Å². The van der Waals surface area contributed by atoms with Gasteiger partial charge in [-0.25, -0.2) is 0 Å². The molecule has 0 fully saturated rings. The monoisotopic (exact) mass is 260 g/mol. The summed E-state index contributed by atoms with van der Waals surface area (Å²) in [5.41, 5.74) is 0. The molecule has 0 unspecified atom stereocenters. The molecule has 0 aromatic carbocycles. The molecule has 12 heavy (non-hydrogen) atoms. The predicted molar refractivity (Wildman–Crippen MR) is 61.7 cm³/mol. The van der Waals surface area contributed by atoms with Crippen molar-refractivity contribution in [1.82, 2.24) is 0 Å². The van der Waals surface area contributed by atoms with E-state index in [0.29, 0.717) is 14.5 Å². The van der Waals surface area contributed by atoms with Gasteiger partial charge in [-0.1, -0.05) is 0 Å². The molecule has 0 nitrogen and oxygen atoms in total. The summed E-state index contributed by atoms with van der Waals surface area (Å²) < 4.78 is 4.93. The van der Waals surface area contributed by atoms with E-state index in [-0.39, 0.29) is 0 Å². The van der Waals surface area contributed by atoms with Gasteiger partial charge in [0.25, 0.3) is 0 Å². The molecule has 3 heteroatoms. The third-order valence-electron chi connectivity index (χ3n) is 1.88. The molecule has 0 spiro atoms. The molecule has 2 aromatic rings. The minimum absolute atomic E-state index is 0.666. The molecule has 0 aliphatic heterocycles. The van der Waals surface area contributed by atoms with Gasteiger partial charge in [0.2, 0.25) is 0 Å². The molecule has 0 saturated heterocycles. The first kappa shape index (κ1) is 8.76. The third-order valence-corrected chi connectivity index (χ3v) is 11.0. The Morgan fingerprint density at radius 1 is 1.33 bits per heavy atom. The Morgan fingerprint density at radius 2 is 2.08 bits per heavy atom. The van der Waals surface area contributed by atoms with Crippen LogP contribution in [0.15, 0.2) is 17.5 Å². The van der Waals surface area contributed by atoms with Gasteiger partial charge < -0.3 is 0 Å². The van der Waals surface area contributed by atoms with E-state index in [9.17, 15) is 0 Å². The molecule has 2 aromatic heterocycles. The van der Waals surface area contributed by atoms with Crippen molar-refractivity contribution >= 4 is 46.9 Å². The minimum atomic E-state index is -0.990. The Morgan fingerprint density at radius 3 is 2.67 bits per heavy atom. The molecule has 0 N–H and O–H groups in total. The molecule has 0 bridgehead atoms. The van der Waals surface area contributed by atoms with Crippen LogP contribution >= 0.6 is 11.3 Å². The van der Waals surface area contributed by atoms with Crippen LogP contribution in [0.5, 0.6) is 0 Å². The first-order valence-corrected chi connectivity index (χ1v) is 10.1. The van der Waals surface area contributed by atoms with Crippen LogP contribution in [0.2, 0.25) is 19.6 Å². The summed E-state index contributed by atoms with van der Waals surface area (Å²) in [5, 5.41) is 2.21. The second-order valence-corrected chi connectivity index (χ2v) is 13.1. The summed E-state index contributed by atoms with van der Waals surface area (Å²) in [6.07, 6.45) is 0. The van der Waals surface area contributed by atoms with Crippen molar-refractivity contribution in [3.63, 3.8) is 0 Å². The molecule has 0 aliphatic carbocycles. The van der Waals surface area contributed by atoms with E-state index in [2.05, 4.69) is 37.2 Å². The van der Waals surface area contributed by atoms with Gasteiger partial charge in [-0.2, -0.15) is 0 Å². The van der Waals surface area contributed by atoms with Crippen molar-refractivity contribution in [2.75, 3.05) is 0 Å². The van der Waals surface area contributed by atoms with Crippen molar-refractivity contribution in [1.29, 1.82) is 0 Å². The van der Waals surface area contributed by atoms with Gasteiger partial charge >= 0.3 is 84.1 Å². The first-order valence-electron chi connectivity index (χ1n) is 4.05. The molecule has 64 valence electrons. The molecule has 2 heterocycles. The van der Waals surface area contributed by atoms with Gasteiger partial charge in [0.1, 0.15) is 0 Å². The van der Waals surface area contributed by atoms with Crippen molar-refractivity contribution in [2.24, 2.45) is 0 Å². The quantitative estimate of drug-likeness (QED) is 0.690. The fourth-order valence-corrected chi connectivity index (χ4v) is 7.71. The van der Waals surface area contributed by atoms with E-state index in [1.807, 2.05) is 11.3 Å². The summed E-state index contributed by atoms with van der Waals surface area (Å²) in [6, 6.07) is 4.75. The Kier molecular flexibility index (Phi) is 2.08. The molecular weight excluding hydrogens is 247 g/mol. The number of hydrogen-bond acceptors (Lipinski definition) is 1. The molecule has 0 aliphatic rings. The average Bonchev–Trinajstić information content (AvgIpc) is 2.37. The number of rotatable bonds is 1. The van der Waals surface area contributed by atoms with Gasteiger partial charge in [-0.05, 0) is 0 Å². The van der Waals surface area contributed by atoms with E-state index < -0.39 is 8.07 Å². The zero-order chi connectivity index (χ0) is 8.77. The third kappa shape index (κ3) is 1.47. The number of hydrogen-bond donors (Lipinski definition) is 0. The van der Waals surface area contributed by atoms with Gasteiger partial charge in [0.05, 0.1) is 0 Å². The van der Waals surface area contributed by atoms with E-state index >= 15 is 0 Å². The maximum atomic E-state index is 2.45. The Hall–Kier alpha value is 0.176. The van der Waals surface area contributed by atoms with Crippen LogP contribution < -0.4 is 4.06 Å². The fraction of sp³-hybridized carbons (Fsp3) is 0.333. The van der Waals surface area contributed by atoms with Crippen molar-refractivity contribution in [3.8, 4) is 0 Å². The Bertz CT molecular complexity index is 365. The van der Waals surface area contributed by atoms with Crippen LogP contribution in [-0.4, -0.2) is 22.6 Å². The predicted octanol–water partition coefficient (Wildman–Crippen LogP) is 2.50. The van der Waals surface area contributed by atoms with Crippen LogP contribution in [0, 0.1) is 0 Å². The molecule has 2 rings (SSSR count). The summed E-state index contributed by atoms with van der Waals surface area (Å²) in [4.78, 5) is 0. The van der Waals surface area contributed by atoms with E-state index in [1.54, 1.807) is 8.32 Å². The first-order chi connectivity index (χ1) is 5.57. The molecule has 0 atom stereocenters. The van der Waals surface area contributed by atoms with Crippen LogP contribution in [0.25, 0.3) is 8.96 Å². The standard InChI is InChI=1S/C9H12SSeSi/c1-12(2,3)9-6-7-8(11-9)4-5-10-7/h4-6H,1-3H3. The molecule has 0 saturated carbocycles. The maximum absolute atomic E-state index is 2.45. The average molecular weight is 259 g/mol. The van der Waals surface area contributed by atoms with Gasteiger partial charge in [-0.3, -0.25) is 0 Å². The number of fused-ring (bicyclic) bond motifs is 1. The summed E-state index contributed by atoms with van der Waals surface area (Å²) in [5.74, 6) is 0. The van der Waals surface area contributed by atoms with E-state index in [0.717, 1.165) is 0 Å². The second-order valence-electron chi connectivity index (χ2n) is 4.01. The molecule has 0 radical (unpaired) electrons. The van der Waals surface area contributed by atoms with Gasteiger partial charge in [0.15, 0.2) is 0 Å². The van der Waals surface area contributed by atoms with Crippen LogP contribution in [0.1, 0.15) is 0 Å². The van der Waals surface area contributed by atoms with Crippen molar-refractivity contribution < 1.29 is 0 Å². The van der Waals surface area contributed by atoms with Gasteiger partial charge in [0, 0.05) is 0 Å². The SMILES string of the molecule is C[Si](C)(C)c1cc2sccc2[se]1. The summed E-state index contributed by atoms with van der Waals surface area (Å²) >= 11 is 2.56. The van der Waals surface area contributed by atoms with Crippen LogP contribution in [0.3, 0.4) is 0 Å². The molecule has 0 amide bonds. The zero-order valence-electron chi connectivity index (χ0n) is 7.55. The second kappa shape index (κ2) is 2.84. The van der Waals surface area contributed by atoms with Crippen molar-refractivity contribution in [3.05, 3.63) is 17.5 Å².